The Morgan fingerprint density at radius 3 is 2.38 bits per heavy atom. The van der Waals surface area contributed by atoms with Crippen LogP contribution in [0.2, 0.25) is 0 Å². The van der Waals surface area contributed by atoms with Crippen molar-refractivity contribution in [2.24, 2.45) is 0 Å². The van der Waals surface area contributed by atoms with Gasteiger partial charge >= 0.3 is 11.9 Å². The molecule has 0 spiro atoms. The van der Waals surface area contributed by atoms with E-state index in [0.29, 0.717) is 0 Å². The fraction of sp³-hybridized carbons (Fsp3) is 0.214. The molecule has 0 unspecified atom stereocenters. The first-order valence-electron chi connectivity index (χ1n) is 5.88. The third-order valence-electron chi connectivity index (χ3n) is 2.55. The van der Waals surface area contributed by atoms with Crippen LogP contribution >= 0.6 is 0 Å². The van der Waals surface area contributed by atoms with Gasteiger partial charge in [-0.05, 0) is 19.1 Å². The average Bonchev–Trinajstić information content (AvgIpc) is 2.46. The van der Waals surface area contributed by atoms with E-state index < -0.39 is 11.9 Å². The van der Waals surface area contributed by atoms with Gasteiger partial charge in [0.2, 0.25) is 0 Å². The number of hydrogen-bond acceptors (Lipinski definition) is 7. The van der Waals surface area contributed by atoms with E-state index in [2.05, 4.69) is 14.8 Å². The molecule has 0 saturated carbocycles. The number of aromatic hydroxyl groups is 1. The number of esters is 2. The molecule has 0 bridgehead atoms. The van der Waals surface area contributed by atoms with Gasteiger partial charge in [-0.3, -0.25) is 4.79 Å². The van der Waals surface area contributed by atoms with Gasteiger partial charge in [-0.1, -0.05) is 6.07 Å². The van der Waals surface area contributed by atoms with Crippen LogP contribution in [0.15, 0.2) is 30.0 Å². The lowest BCUT2D eigenvalue weighted by molar-refractivity contribution is -0.138. The van der Waals surface area contributed by atoms with Crippen LogP contribution in [0.5, 0.6) is 5.75 Å². The van der Waals surface area contributed by atoms with Crippen LogP contribution in [-0.2, 0) is 19.1 Å². The molecule has 0 fully saturated rings. The van der Waals surface area contributed by atoms with E-state index in [4.69, 9.17) is 0 Å². The number of methoxy groups -OCH3 is 2. The van der Waals surface area contributed by atoms with Gasteiger partial charge in [0.25, 0.3) is 0 Å². The summed E-state index contributed by atoms with van der Waals surface area (Å²) in [7, 11) is 2.28. The lowest BCUT2D eigenvalue weighted by Crippen LogP contribution is -2.17. The van der Waals surface area contributed by atoms with Gasteiger partial charge in [0, 0.05) is 5.56 Å². The highest BCUT2D eigenvalue weighted by molar-refractivity contribution is 6.04. The normalized spacial score (nSPS) is 10.7. The van der Waals surface area contributed by atoms with Crippen LogP contribution in [0.4, 0.5) is 5.69 Å². The van der Waals surface area contributed by atoms with Crippen LogP contribution in [0.3, 0.4) is 0 Å². The maximum Gasteiger partial charge on any atom is 0.354 e. The summed E-state index contributed by atoms with van der Waals surface area (Å²) < 4.78 is 8.95. The van der Waals surface area contributed by atoms with E-state index in [0.717, 1.165) is 20.3 Å². The summed E-state index contributed by atoms with van der Waals surface area (Å²) in [4.78, 5) is 34.4. The Labute approximate surface area is 121 Å². The molecule has 21 heavy (non-hydrogen) atoms. The van der Waals surface area contributed by atoms with Gasteiger partial charge in [-0.15, -0.1) is 0 Å². The summed E-state index contributed by atoms with van der Waals surface area (Å²) in [6.45, 7) is 1.31. The Kier molecular flexibility index (Phi) is 5.48. The Hall–Kier alpha value is -2.83. The number of nitrogens with one attached hydrogen (secondary N) is 1. The molecule has 7 nitrogen and oxygen atoms in total. The lowest BCUT2D eigenvalue weighted by Gasteiger charge is -2.13. The third-order valence-corrected chi connectivity index (χ3v) is 2.55. The molecule has 112 valence electrons. The van der Waals surface area contributed by atoms with Crippen molar-refractivity contribution < 1.29 is 29.0 Å². The Morgan fingerprint density at radius 2 is 1.86 bits per heavy atom. The van der Waals surface area contributed by atoms with Crippen LogP contribution in [0.1, 0.15) is 17.3 Å². The third kappa shape index (κ3) is 4.07. The van der Waals surface area contributed by atoms with Gasteiger partial charge < -0.3 is 19.9 Å². The molecule has 0 amide bonds. The van der Waals surface area contributed by atoms with Crippen LogP contribution in [-0.4, -0.2) is 37.0 Å². The second kappa shape index (κ2) is 7.09. The molecule has 0 aromatic heterocycles. The van der Waals surface area contributed by atoms with Gasteiger partial charge in [-0.2, -0.15) is 0 Å². The van der Waals surface area contributed by atoms with Gasteiger partial charge in [-0.25, -0.2) is 9.59 Å². The zero-order valence-corrected chi connectivity index (χ0v) is 11.8. The van der Waals surface area contributed by atoms with Crippen LogP contribution in [0, 0.1) is 0 Å². The Morgan fingerprint density at radius 1 is 1.19 bits per heavy atom. The number of anilines is 1. The van der Waals surface area contributed by atoms with Crippen molar-refractivity contribution >= 4 is 23.4 Å². The number of carbonyl (C=O) groups excluding carboxylic acids is 3. The van der Waals surface area contributed by atoms with E-state index in [-0.39, 0.29) is 28.5 Å². The summed E-state index contributed by atoms with van der Waals surface area (Å²) >= 11 is 0. The second-order valence-electron chi connectivity index (χ2n) is 3.95. The van der Waals surface area contributed by atoms with Gasteiger partial charge in [0.15, 0.2) is 5.78 Å². The second-order valence-corrected chi connectivity index (χ2v) is 3.95. The van der Waals surface area contributed by atoms with E-state index in [9.17, 15) is 19.5 Å². The first kappa shape index (κ1) is 16.2. The molecule has 2 N–H and O–H groups in total. The maximum atomic E-state index is 11.6. The average molecular weight is 293 g/mol. The molecular formula is C14H15NO6. The lowest BCUT2D eigenvalue weighted by atomic mass is 10.1. The van der Waals surface area contributed by atoms with Gasteiger partial charge in [0.1, 0.15) is 11.4 Å². The van der Waals surface area contributed by atoms with Crippen molar-refractivity contribution in [3.63, 3.8) is 0 Å². The first-order valence-corrected chi connectivity index (χ1v) is 5.88. The fourth-order valence-corrected chi connectivity index (χ4v) is 1.53. The minimum absolute atomic E-state index is 0.00514. The molecule has 1 rings (SSSR count). The molecule has 1 aromatic carbocycles. The minimum Gasteiger partial charge on any atom is -0.506 e. The van der Waals surface area contributed by atoms with E-state index in [1.54, 1.807) is 0 Å². The molecule has 1 aromatic rings. The summed E-state index contributed by atoms with van der Waals surface area (Å²) in [6, 6.07) is 4.29. The number of phenolic OH excluding ortho intramolecular Hbond substituents is 1. The fourth-order valence-electron chi connectivity index (χ4n) is 1.53. The highest BCUT2D eigenvalue weighted by atomic mass is 16.5. The van der Waals surface area contributed by atoms with E-state index in [1.807, 2.05) is 0 Å². The van der Waals surface area contributed by atoms with E-state index in [1.165, 1.54) is 25.1 Å². The molecule has 0 aliphatic heterocycles. The van der Waals surface area contributed by atoms with Crippen LogP contribution in [0.25, 0.3) is 0 Å². The quantitative estimate of drug-likeness (QED) is 0.364. The topological polar surface area (TPSA) is 102 Å². The van der Waals surface area contributed by atoms with Crippen LogP contribution < -0.4 is 5.32 Å². The highest BCUT2D eigenvalue weighted by Gasteiger charge is 2.18. The standard InChI is InChI=1S/C14H15NO6/c1-8(16)9-5-4-6-11(17)13(9)15-10(14(19)21-3)7-12(18)20-2/h4-7,15,17H,1-3H3/b10-7+. The number of rotatable bonds is 5. The summed E-state index contributed by atoms with van der Waals surface area (Å²) in [5, 5.41) is 12.4. The van der Waals surface area contributed by atoms with Crippen molar-refractivity contribution in [3.05, 3.63) is 35.5 Å². The highest BCUT2D eigenvalue weighted by Crippen LogP contribution is 2.29. The smallest absolute Gasteiger partial charge is 0.354 e. The molecule has 0 heterocycles. The number of Topliss-reactive ketones (excluding diaryl/α,β-unsaturated/α-hetero) is 1. The Bertz CT molecular complexity index is 605. The molecular weight excluding hydrogens is 278 g/mol. The Balaban J connectivity index is 3.27. The zero-order valence-electron chi connectivity index (χ0n) is 11.8. The molecule has 7 heteroatoms. The van der Waals surface area contributed by atoms with E-state index >= 15 is 0 Å². The number of hydrogen-bond donors (Lipinski definition) is 2. The minimum atomic E-state index is -0.849. The number of phenols is 1. The number of carbonyl (C=O) groups is 3. The summed E-state index contributed by atoms with van der Waals surface area (Å²) in [5.74, 6) is -2.21. The van der Waals surface area contributed by atoms with Crippen molar-refractivity contribution in [2.75, 3.05) is 19.5 Å². The largest absolute Gasteiger partial charge is 0.506 e. The van der Waals surface area contributed by atoms with Gasteiger partial charge in [0.05, 0.1) is 26.0 Å². The van der Waals surface area contributed by atoms with Crippen molar-refractivity contribution in [1.29, 1.82) is 0 Å². The zero-order chi connectivity index (χ0) is 16.0. The number of ketones is 1. The molecule has 0 saturated heterocycles. The molecule has 0 aliphatic rings. The maximum absolute atomic E-state index is 11.6. The molecule has 0 aliphatic carbocycles. The predicted molar refractivity (Wildman–Crippen MR) is 73.8 cm³/mol. The number of benzene rings is 1. The predicted octanol–water partition coefficient (Wildman–Crippen LogP) is 1.24. The monoisotopic (exact) mass is 293 g/mol. The molecule has 0 atom stereocenters. The van der Waals surface area contributed by atoms with Crippen molar-refractivity contribution in [1.82, 2.24) is 0 Å². The summed E-state index contributed by atoms with van der Waals surface area (Å²) in [6.07, 6.45) is 0.863. The van der Waals surface area contributed by atoms with Crippen molar-refractivity contribution in [2.45, 2.75) is 6.92 Å². The number of para-hydroxylation sites is 1. The number of ether oxygens (including phenoxy) is 2. The molecule has 0 radical (unpaired) electrons. The first-order chi connectivity index (χ1) is 9.90. The SMILES string of the molecule is COC(=O)/C=C(/Nc1c(O)cccc1C(C)=O)C(=O)OC. The summed E-state index contributed by atoms with van der Waals surface area (Å²) in [5.41, 5.74) is -0.103. The van der Waals surface area contributed by atoms with Crippen molar-refractivity contribution in [3.8, 4) is 5.75 Å².